The molecule has 28 heavy (non-hydrogen) atoms. The van der Waals surface area contributed by atoms with Crippen molar-refractivity contribution in [3.05, 3.63) is 36.7 Å². The Kier molecular flexibility index (Phi) is 6.23. The normalized spacial score (nSPS) is 21.5. The number of rotatable bonds is 7. The zero-order valence-corrected chi connectivity index (χ0v) is 17.8. The van der Waals surface area contributed by atoms with Crippen LogP contribution in [0.4, 0.5) is 5.82 Å². The van der Waals surface area contributed by atoms with E-state index in [4.69, 9.17) is 14.5 Å². The van der Waals surface area contributed by atoms with Gasteiger partial charge in [0.25, 0.3) is 0 Å². The van der Waals surface area contributed by atoms with Gasteiger partial charge in [-0.05, 0) is 56.6 Å². The molecule has 152 valence electrons. The predicted molar refractivity (Wildman–Crippen MR) is 114 cm³/mol. The summed E-state index contributed by atoms with van der Waals surface area (Å²) in [6.45, 7) is 10.8. The average Bonchev–Trinajstić information content (AvgIpc) is 2.67. The van der Waals surface area contributed by atoms with Crippen molar-refractivity contribution in [2.75, 3.05) is 25.6 Å². The Morgan fingerprint density at radius 2 is 2.07 bits per heavy atom. The zero-order chi connectivity index (χ0) is 20.2. The van der Waals surface area contributed by atoms with Gasteiger partial charge >= 0.3 is 0 Å². The first-order valence-electron chi connectivity index (χ1n) is 10.2. The van der Waals surface area contributed by atoms with Crippen molar-refractivity contribution in [2.24, 2.45) is 11.3 Å². The van der Waals surface area contributed by atoms with Crippen LogP contribution in [0, 0.1) is 11.3 Å². The lowest BCUT2D eigenvalue weighted by Crippen LogP contribution is -2.44. The van der Waals surface area contributed by atoms with Crippen molar-refractivity contribution in [3.63, 3.8) is 0 Å². The summed E-state index contributed by atoms with van der Waals surface area (Å²) < 4.78 is 11.3. The van der Waals surface area contributed by atoms with Crippen LogP contribution in [0.3, 0.4) is 0 Å². The van der Waals surface area contributed by atoms with Gasteiger partial charge in [0, 0.05) is 18.7 Å². The van der Waals surface area contributed by atoms with Crippen LogP contribution >= 0.6 is 0 Å². The molecular formula is C23H33N3O2. The molecule has 0 amide bonds. The molecule has 1 unspecified atom stereocenters. The van der Waals surface area contributed by atoms with Crippen LogP contribution in [-0.2, 0) is 4.74 Å². The summed E-state index contributed by atoms with van der Waals surface area (Å²) in [6.07, 6.45) is 6.89. The Hall–Kier alpha value is -2.14. The van der Waals surface area contributed by atoms with E-state index >= 15 is 0 Å². The SMILES string of the molecule is COc1cccc(-c2cncc(NCCC3(C(C)C)CCOC(C)(C)C3)n2)c1. The predicted octanol–water partition coefficient (Wildman–Crippen LogP) is 5.19. The fourth-order valence-electron chi connectivity index (χ4n) is 4.32. The number of nitrogens with one attached hydrogen (secondary N) is 1. The summed E-state index contributed by atoms with van der Waals surface area (Å²) >= 11 is 0. The van der Waals surface area contributed by atoms with Gasteiger partial charge in [-0.15, -0.1) is 0 Å². The Labute approximate surface area is 168 Å². The summed E-state index contributed by atoms with van der Waals surface area (Å²) in [7, 11) is 1.67. The Bertz CT molecular complexity index is 791. The maximum absolute atomic E-state index is 5.97. The molecule has 1 aliphatic heterocycles. The molecule has 1 aromatic heterocycles. The number of ether oxygens (including phenoxy) is 2. The largest absolute Gasteiger partial charge is 0.497 e. The zero-order valence-electron chi connectivity index (χ0n) is 17.8. The second kappa shape index (κ2) is 8.48. The molecule has 5 heteroatoms. The summed E-state index contributed by atoms with van der Waals surface area (Å²) in [4.78, 5) is 9.12. The lowest BCUT2D eigenvalue weighted by atomic mass is 9.65. The van der Waals surface area contributed by atoms with Gasteiger partial charge in [-0.3, -0.25) is 4.98 Å². The maximum atomic E-state index is 5.97. The van der Waals surface area contributed by atoms with E-state index < -0.39 is 0 Å². The molecule has 0 aliphatic carbocycles. The van der Waals surface area contributed by atoms with Gasteiger partial charge in [-0.2, -0.15) is 0 Å². The van der Waals surface area contributed by atoms with Gasteiger partial charge in [-0.25, -0.2) is 4.98 Å². The fourth-order valence-corrected chi connectivity index (χ4v) is 4.32. The third-order valence-corrected chi connectivity index (χ3v) is 6.02. The van der Waals surface area contributed by atoms with Crippen molar-refractivity contribution in [2.45, 2.75) is 52.6 Å². The molecule has 5 nitrogen and oxygen atoms in total. The second-order valence-electron chi connectivity index (χ2n) is 8.75. The molecule has 2 aromatic rings. The molecule has 1 saturated heterocycles. The highest BCUT2D eigenvalue weighted by Crippen LogP contribution is 2.46. The van der Waals surface area contributed by atoms with Gasteiger partial charge in [-0.1, -0.05) is 26.0 Å². The van der Waals surface area contributed by atoms with Crippen molar-refractivity contribution >= 4 is 5.82 Å². The van der Waals surface area contributed by atoms with Crippen LogP contribution in [0.5, 0.6) is 5.75 Å². The van der Waals surface area contributed by atoms with Crippen LogP contribution in [0.15, 0.2) is 36.7 Å². The molecule has 0 bridgehead atoms. The molecule has 2 heterocycles. The molecule has 0 radical (unpaired) electrons. The van der Waals surface area contributed by atoms with E-state index in [-0.39, 0.29) is 5.60 Å². The van der Waals surface area contributed by atoms with E-state index in [1.165, 1.54) is 0 Å². The lowest BCUT2D eigenvalue weighted by Gasteiger charge is -2.47. The van der Waals surface area contributed by atoms with Crippen molar-refractivity contribution in [1.82, 2.24) is 9.97 Å². The molecule has 1 N–H and O–H groups in total. The first kappa shape index (κ1) is 20.6. The van der Waals surface area contributed by atoms with E-state index in [9.17, 15) is 0 Å². The average molecular weight is 384 g/mol. The monoisotopic (exact) mass is 383 g/mol. The van der Waals surface area contributed by atoms with Crippen molar-refractivity contribution < 1.29 is 9.47 Å². The molecule has 0 saturated carbocycles. The van der Waals surface area contributed by atoms with Gasteiger partial charge in [0.15, 0.2) is 0 Å². The Morgan fingerprint density at radius 1 is 1.25 bits per heavy atom. The number of aromatic nitrogens is 2. The quantitative estimate of drug-likeness (QED) is 0.713. The summed E-state index contributed by atoms with van der Waals surface area (Å²) in [6, 6.07) is 7.90. The van der Waals surface area contributed by atoms with E-state index in [0.717, 1.165) is 55.2 Å². The second-order valence-corrected chi connectivity index (χ2v) is 8.75. The van der Waals surface area contributed by atoms with Gasteiger partial charge in [0.2, 0.25) is 0 Å². The summed E-state index contributed by atoms with van der Waals surface area (Å²) in [5.74, 6) is 2.25. The van der Waals surface area contributed by atoms with Gasteiger partial charge < -0.3 is 14.8 Å². The topological polar surface area (TPSA) is 56.3 Å². The summed E-state index contributed by atoms with van der Waals surface area (Å²) in [5, 5.41) is 3.49. The van der Waals surface area contributed by atoms with Crippen molar-refractivity contribution in [1.29, 1.82) is 0 Å². The number of hydrogen-bond acceptors (Lipinski definition) is 5. The van der Waals surface area contributed by atoms with E-state index in [1.807, 2.05) is 24.3 Å². The summed E-state index contributed by atoms with van der Waals surface area (Å²) in [5.41, 5.74) is 2.09. The number of hydrogen-bond donors (Lipinski definition) is 1. The number of nitrogens with zero attached hydrogens (tertiary/aromatic N) is 2. The molecule has 1 aliphatic rings. The van der Waals surface area contributed by atoms with Crippen molar-refractivity contribution in [3.8, 4) is 17.0 Å². The van der Waals surface area contributed by atoms with Gasteiger partial charge in [0.1, 0.15) is 11.6 Å². The lowest BCUT2D eigenvalue weighted by molar-refractivity contribution is -0.120. The number of benzene rings is 1. The molecule has 1 aromatic carbocycles. The molecule has 1 fully saturated rings. The van der Waals surface area contributed by atoms with E-state index in [2.05, 4.69) is 38.0 Å². The van der Waals surface area contributed by atoms with Crippen LogP contribution in [0.25, 0.3) is 11.3 Å². The minimum absolute atomic E-state index is 0.0470. The van der Waals surface area contributed by atoms with Crippen LogP contribution in [-0.4, -0.2) is 35.8 Å². The molecular weight excluding hydrogens is 350 g/mol. The smallest absolute Gasteiger partial charge is 0.145 e. The van der Waals surface area contributed by atoms with Crippen LogP contribution in [0.1, 0.15) is 47.0 Å². The van der Waals surface area contributed by atoms with Crippen LogP contribution < -0.4 is 10.1 Å². The maximum Gasteiger partial charge on any atom is 0.145 e. The highest BCUT2D eigenvalue weighted by molar-refractivity contribution is 5.61. The van der Waals surface area contributed by atoms with Gasteiger partial charge in [0.05, 0.1) is 30.8 Å². The molecule has 1 atom stereocenters. The first-order valence-corrected chi connectivity index (χ1v) is 10.2. The first-order chi connectivity index (χ1) is 13.3. The molecule has 3 rings (SSSR count). The highest BCUT2D eigenvalue weighted by Gasteiger charge is 2.42. The third-order valence-electron chi connectivity index (χ3n) is 6.02. The molecule has 0 spiro atoms. The van der Waals surface area contributed by atoms with E-state index in [1.54, 1.807) is 19.5 Å². The Morgan fingerprint density at radius 3 is 2.79 bits per heavy atom. The van der Waals surface area contributed by atoms with Crippen LogP contribution in [0.2, 0.25) is 0 Å². The number of methoxy groups -OCH3 is 1. The van der Waals surface area contributed by atoms with E-state index in [0.29, 0.717) is 11.3 Å². The highest BCUT2D eigenvalue weighted by atomic mass is 16.5. The number of anilines is 1. The fraction of sp³-hybridized carbons (Fsp3) is 0.565. The third kappa shape index (κ3) is 4.82. The minimum Gasteiger partial charge on any atom is -0.497 e. The standard InChI is InChI=1S/C23H33N3O2/c1-17(2)23(10-12-28-22(3,4)16-23)9-11-25-21-15-24-14-20(26-21)18-7-6-8-19(13-18)27-5/h6-8,13-15,17H,9-12,16H2,1-5H3,(H,25,26). The Balaban J connectivity index is 1.67. The minimum atomic E-state index is -0.0470.